The zero-order valence-electron chi connectivity index (χ0n) is 10.1. The summed E-state index contributed by atoms with van der Waals surface area (Å²) in [7, 11) is 0. The van der Waals surface area contributed by atoms with Crippen LogP contribution >= 0.6 is 11.6 Å². The highest BCUT2D eigenvalue weighted by molar-refractivity contribution is 6.32. The number of phenols is 1. The van der Waals surface area contributed by atoms with E-state index < -0.39 is 0 Å². The summed E-state index contributed by atoms with van der Waals surface area (Å²) in [6.45, 7) is 1.58. The van der Waals surface area contributed by atoms with Crippen LogP contribution in [0.3, 0.4) is 0 Å². The summed E-state index contributed by atoms with van der Waals surface area (Å²) in [4.78, 5) is 11.9. The number of hydrogen-bond donors (Lipinski definition) is 2. The summed E-state index contributed by atoms with van der Waals surface area (Å²) in [5.41, 5.74) is 1.15. The Labute approximate surface area is 114 Å². The second-order valence-electron chi connectivity index (χ2n) is 4.08. The first-order chi connectivity index (χ1) is 8.97. The number of aromatic hydroxyl groups is 1. The lowest BCUT2D eigenvalue weighted by atomic mass is 10.1. The molecule has 0 saturated carbocycles. The molecule has 98 valence electrons. The third-order valence-corrected chi connectivity index (χ3v) is 2.94. The van der Waals surface area contributed by atoms with Crippen LogP contribution in [0.25, 0.3) is 0 Å². The van der Waals surface area contributed by atoms with Gasteiger partial charge in [-0.25, -0.2) is 4.39 Å². The Morgan fingerprint density at radius 3 is 2.63 bits per heavy atom. The normalized spacial score (nSPS) is 10.3. The van der Waals surface area contributed by atoms with Crippen molar-refractivity contribution in [2.45, 2.75) is 6.92 Å². The van der Waals surface area contributed by atoms with Crippen molar-refractivity contribution in [1.29, 1.82) is 0 Å². The summed E-state index contributed by atoms with van der Waals surface area (Å²) >= 11 is 5.67. The molecule has 0 aliphatic rings. The van der Waals surface area contributed by atoms with Gasteiger partial charge in [0, 0.05) is 17.3 Å². The van der Waals surface area contributed by atoms with Gasteiger partial charge >= 0.3 is 0 Å². The fraction of sp³-hybridized carbons (Fsp3) is 0.0714. The molecule has 19 heavy (non-hydrogen) atoms. The first-order valence-electron chi connectivity index (χ1n) is 5.53. The van der Waals surface area contributed by atoms with Gasteiger partial charge in [-0.15, -0.1) is 0 Å². The highest BCUT2D eigenvalue weighted by Gasteiger charge is 2.09. The summed E-state index contributed by atoms with van der Waals surface area (Å²) in [6.07, 6.45) is 0. The Hall–Kier alpha value is -2.07. The smallest absolute Gasteiger partial charge is 0.255 e. The van der Waals surface area contributed by atoms with E-state index in [0.29, 0.717) is 16.8 Å². The van der Waals surface area contributed by atoms with Gasteiger partial charge in [-0.05, 0) is 42.8 Å². The van der Waals surface area contributed by atoms with Gasteiger partial charge in [0.2, 0.25) is 0 Å². The fourth-order valence-corrected chi connectivity index (χ4v) is 1.70. The molecule has 2 rings (SSSR count). The lowest BCUT2D eigenvalue weighted by Gasteiger charge is -2.07. The molecule has 1 amide bonds. The van der Waals surface area contributed by atoms with Gasteiger partial charge in [-0.2, -0.15) is 0 Å². The van der Waals surface area contributed by atoms with Crippen molar-refractivity contribution in [2.24, 2.45) is 0 Å². The highest BCUT2D eigenvalue weighted by atomic mass is 35.5. The molecule has 5 heteroatoms. The minimum Gasteiger partial charge on any atom is -0.506 e. The molecule has 2 N–H and O–H groups in total. The van der Waals surface area contributed by atoms with Crippen molar-refractivity contribution in [3.63, 3.8) is 0 Å². The van der Waals surface area contributed by atoms with E-state index in [-0.39, 0.29) is 22.5 Å². The van der Waals surface area contributed by atoms with Crippen LogP contribution in [-0.2, 0) is 0 Å². The fourth-order valence-electron chi connectivity index (χ4n) is 1.58. The molecule has 0 bridgehead atoms. The lowest BCUT2D eigenvalue weighted by Crippen LogP contribution is -2.12. The van der Waals surface area contributed by atoms with Crippen LogP contribution in [0.5, 0.6) is 5.75 Å². The van der Waals surface area contributed by atoms with Crippen LogP contribution in [0, 0.1) is 12.7 Å². The third-order valence-electron chi connectivity index (χ3n) is 2.62. The van der Waals surface area contributed by atoms with Gasteiger partial charge in [0.25, 0.3) is 5.91 Å². The van der Waals surface area contributed by atoms with Gasteiger partial charge in [-0.3, -0.25) is 4.79 Å². The van der Waals surface area contributed by atoms with Gasteiger partial charge in [-0.1, -0.05) is 11.6 Å². The van der Waals surface area contributed by atoms with E-state index in [0.717, 1.165) is 0 Å². The predicted octanol–water partition coefficient (Wildman–Crippen LogP) is 3.75. The predicted molar refractivity (Wildman–Crippen MR) is 72.2 cm³/mol. The monoisotopic (exact) mass is 279 g/mol. The molecule has 2 aromatic carbocycles. The van der Waals surface area contributed by atoms with Crippen molar-refractivity contribution >= 4 is 23.2 Å². The molecule has 0 heterocycles. The minimum atomic E-state index is -0.384. The quantitative estimate of drug-likeness (QED) is 0.880. The van der Waals surface area contributed by atoms with E-state index in [2.05, 4.69) is 5.32 Å². The van der Waals surface area contributed by atoms with E-state index in [9.17, 15) is 14.3 Å². The topological polar surface area (TPSA) is 49.3 Å². The van der Waals surface area contributed by atoms with Crippen molar-refractivity contribution in [3.05, 3.63) is 58.4 Å². The molecule has 0 spiro atoms. The van der Waals surface area contributed by atoms with E-state index in [4.69, 9.17) is 11.6 Å². The van der Waals surface area contributed by atoms with Gasteiger partial charge in [0.15, 0.2) is 0 Å². The zero-order chi connectivity index (χ0) is 14.0. The Morgan fingerprint density at radius 1 is 1.26 bits per heavy atom. The number of nitrogens with one attached hydrogen (secondary N) is 1. The average molecular weight is 280 g/mol. The molecule has 2 aromatic rings. The number of phenolic OH excluding ortho intramolecular Hbond substituents is 1. The molecule has 0 aliphatic carbocycles. The molecule has 0 aliphatic heterocycles. The average Bonchev–Trinajstić information content (AvgIpc) is 2.37. The minimum absolute atomic E-state index is 0.116. The zero-order valence-corrected chi connectivity index (χ0v) is 10.8. The largest absolute Gasteiger partial charge is 0.506 e. The van der Waals surface area contributed by atoms with Crippen molar-refractivity contribution < 1.29 is 14.3 Å². The van der Waals surface area contributed by atoms with Crippen LogP contribution in [-0.4, -0.2) is 11.0 Å². The first-order valence-corrected chi connectivity index (χ1v) is 5.91. The Kier molecular flexibility index (Phi) is 3.71. The number of carbonyl (C=O) groups excluding carboxylic acids is 1. The molecular formula is C14H11ClFNO2. The SMILES string of the molecule is Cc1cc(C(=O)Nc2ccc(Cl)c(O)c2)ccc1F. The number of rotatable bonds is 2. The number of hydrogen-bond acceptors (Lipinski definition) is 2. The molecule has 3 nitrogen and oxygen atoms in total. The number of amides is 1. The second kappa shape index (κ2) is 5.28. The van der Waals surface area contributed by atoms with Crippen molar-refractivity contribution in [3.8, 4) is 5.75 Å². The molecule has 0 unspecified atom stereocenters. The summed E-state index contributed by atoms with van der Waals surface area (Å²) in [5, 5.41) is 12.2. The van der Waals surface area contributed by atoms with Crippen molar-refractivity contribution in [2.75, 3.05) is 5.32 Å². The molecule has 0 atom stereocenters. The van der Waals surface area contributed by atoms with E-state index >= 15 is 0 Å². The van der Waals surface area contributed by atoms with Crippen molar-refractivity contribution in [1.82, 2.24) is 0 Å². The van der Waals surface area contributed by atoms with Gasteiger partial charge < -0.3 is 10.4 Å². The number of aryl methyl sites for hydroxylation is 1. The molecule has 0 saturated heterocycles. The van der Waals surface area contributed by atoms with Crippen LogP contribution in [0.4, 0.5) is 10.1 Å². The number of anilines is 1. The Balaban J connectivity index is 2.20. The van der Waals surface area contributed by atoms with Crippen LogP contribution in [0.1, 0.15) is 15.9 Å². The number of benzene rings is 2. The standard InChI is InChI=1S/C14H11ClFNO2/c1-8-6-9(2-5-12(8)16)14(19)17-10-3-4-11(15)13(18)7-10/h2-7,18H,1H3,(H,17,19). The van der Waals surface area contributed by atoms with Crippen LogP contribution in [0.2, 0.25) is 5.02 Å². The number of halogens is 2. The Morgan fingerprint density at radius 2 is 2.00 bits per heavy atom. The van der Waals surface area contributed by atoms with E-state index in [1.54, 1.807) is 13.0 Å². The maximum Gasteiger partial charge on any atom is 0.255 e. The molecule has 0 radical (unpaired) electrons. The molecule has 0 fully saturated rings. The molecular weight excluding hydrogens is 269 g/mol. The van der Waals surface area contributed by atoms with E-state index in [1.165, 1.54) is 30.3 Å². The summed E-state index contributed by atoms with van der Waals surface area (Å²) in [5.74, 6) is -0.861. The first kappa shape index (κ1) is 13.4. The summed E-state index contributed by atoms with van der Waals surface area (Å²) < 4.78 is 13.1. The second-order valence-corrected chi connectivity index (χ2v) is 4.49. The van der Waals surface area contributed by atoms with Gasteiger partial charge in [0.1, 0.15) is 11.6 Å². The van der Waals surface area contributed by atoms with Crippen LogP contribution in [0.15, 0.2) is 36.4 Å². The molecule has 0 aromatic heterocycles. The maximum absolute atomic E-state index is 13.1. The highest BCUT2D eigenvalue weighted by Crippen LogP contribution is 2.26. The lowest BCUT2D eigenvalue weighted by molar-refractivity contribution is 0.102. The Bertz CT molecular complexity index is 643. The summed E-state index contributed by atoms with van der Waals surface area (Å²) in [6, 6.07) is 8.48. The van der Waals surface area contributed by atoms with Crippen LogP contribution < -0.4 is 5.32 Å². The third kappa shape index (κ3) is 3.03. The van der Waals surface area contributed by atoms with E-state index in [1.807, 2.05) is 0 Å². The van der Waals surface area contributed by atoms with Gasteiger partial charge in [0.05, 0.1) is 5.02 Å². The maximum atomic E-state index is 13.1. The number of carbonyl (C=O) groups is 1.